The maximum absolute atomic E-state index is 12.2. The lowest BCUT2D eigenvalue weighted by atomic mass is 9.84. The van der Waals surface area contributed by atoms with Gasteiger partial charge in [0.05, 0.1) is 0 Å². The van der Waals surface area contributed by atoms with Crippen LogP contribution in [0, 0.1) is 0 Å². The first-order chi connectivity index (χ1) is 9.16. The Hall–Kier alpha value is -2.39. The van der Waals surface area contributed by atoms with Crippen LogP contribution in [0.1, 0.15) is 21.5 Å². The van der Waals surface area contributed by atoms with E-state index in [4.69, 9.17) is 0 Å². The molecule has 1 heterocycles. The quantitative estimate of drug-likeness (QED) is 0.765. The standard InChI is InChI=1S/C16H13NO2/c1-2-16(19)12-8-4-3-7-11(12)15(18)17-14-10-6-5-9-13(14)16/h2-10,19H,1H2,(H,17,18). The smallest absolute Gasteiger partial charge is 0.256 e. The Kier molecular flexibility index (Phi) is 2.50. The fourth-order valence-electron chi connectivity index (χ4n) is 2.49. The lowest BCUT2D eigenvalue weighted by molar-refractivity contribution is 0.101. The third kappa shape index (κ3) is 1.59. The van der Waals surface area contributed by atoms with Crippen molar-refractivity contribution in [3.05, 3.63) is 77.9 Å². The monoisotopic (exact) mass is 251 g/mol. The van der Waals surface area contributed by atoms with Crippen LogP contribution in [0.4, 0.5) is 5.69 Å². The number of para-hydroxylation sites is 1. The van der Waals surface area contributed by atoms with Gasteiger partial charge < -0.3 is 10.4 Å². The molecule has 0 aliphatic carbocycles. The Morgan fingerprint density at radius 2 is 1.68 bits per heavy atom. The van der Waals surface area contributed by atoms with Gasteiger partial charge >= 0.3 is 0 Å². The fourth-order valence-corrected chi connectivity index (χ4v) is 2.49. The van der Waals surface area contributed by atoms with Crippen LogP contribution in [-0.4, -0.2) is 11.0 Å². The van der Waals surface area contributed by atoms with E-state index in [1.165, 1.54) is 6.08 Å². The molecule has 3 heteroatoms. The molecule has 0 saturated carbocycles. The van der Waals surface area contributed by atoms with Crippen LogP contribution in [0.25, 0.3) is 0 Å². The van der Waals surface area contributed by atoms with Crippen molar-refractivity contribution in [2.75, 3.05) is 5.32 Å². The summed E-state index contributed by atoms with van der Waals surface area (Å²) in [5, 5.41) is 13.8. The van der Waals surface area contributed by atoms with Gasteiger partial charge in [-0.05, 0) is 12.1 Å². The Morgan fingerprint density at radius 3 is 2.42 bits per heavy atom. The number of rotatable bonds is 1. The molecule has 1 unspecified atom stereocenters. The molecule has 1 atom stereocenters. The molecule has 0 fully saturated rings. The van der Waals surface area contributed by atoms with E-state index in [2.05, 4.69) is 11.9 Å². The summed E-state index contributed by atoms with van der Waals surface area (Å²) in [5.74, 6) is -0.221. The molecule has 3 nitrogen and oxygen atoms in total. The van der Waals surface area contributed by atoms with Gasteiger partial charge in [-0.3, -0.25) is 4.79 Å². The summed E-state index contributed by atoms with van der Waals surface area (Å²) in [6.45, 7) is 3.73. The Morgan fingerprint density at radius 1 is 1.05 bits per heavy atom. The molecule has 2 N–H and O–H groups in total. The maximum Gasteiger partial charge on any atom is 0.256 e. The van der Waals surface area contributed by atoms with Crippen LogP contribution in [0.2, 0.25) is 0 Å². The van der Waals surface area contributed by atoms with Gasteiger partial charge in [-0.25, -0.2) is 0 Å². The summed E-state index contributed by atoms with van der Waals surface area (Å²) >= 11 is 0. The number of hydrogen-bond donors (Lipinski definition) is 2. The first kappa shape index (κ1) is 11.7. The van der Waals surface area contributed by atoms with Gasteiger partial charge in [-0.2, -0.15) is 0 Å². The first-order valence-electron chi connectivity index (χ1n) is 6.03. The second-order valence-corrected chi connectivity index (χ2v) is 4.52. The second-order valence-electron chi connectivity index (χ2n) is 4.52. The molecular weight excluding hydrogens is 238 g/mol. The van der Waals surface area contributed by atoms with E-state index in [-0.39, 0.29) is 5.91 Å². The molecule has 2 aromatic carbocycles. The molecule has 1 aliphatic heterocycles. The van der Waals surface area contributed by atoms with E-state index in [1.807, 2.05) is 12.1 Å². The molecule has 0 radical (unpaired) electrons. The van der Waals surface area contributed by atoms with E-state index >= 15 is 0 Å². The molecule has 0 aromatic heterocycles. The highest BCUT2D eigenvalue weighted by atomic mass is 16.3. The molecule has 94 valence electrons. The van der Waals surface area contributed by atoms with Crippen LogP contribution < -0.4 is 5.32 Å². The molecule has 19 heavy (non-hydrogen) atoms. The van der Waals surface area contributed by atoms with E-state index in [9.17, 15) is 9.90 Å². The van der Waals surface area contributed by atoms with Gasteiger partial charge in [0.2, 0.25) is 0 Å². The third-order valence-electron chi connectivity index (χ3n) is 3.46. The first-order valence-corrected chi connectivity index (χ1v) is 6.03. The van der Waals surface area contributed by atoms with Gasteiger partial charge in [0.15, 0.2) is 0 Å². The number of fused-ring (bicyclic) bond motifs is 2. The highest BCUT2D eigenvalue weighted by Gasteiger charge is 2.36. The van der Waals surface area contributed by atoms with Crippen molar-refractivity contribution in [1.29, 1.82) is 0 Å². The summed E-state index contributed by atoms with van der Waals surface area (Å²) < 4.78 is 0. The molecule has 2 aromatic rings. The van der Waals surface area contributed by atoms with E-state index in [0.29, 0.717) is 22.4 Å². The number of anilines is 1. The lowest BCUT2D eigenvalue weighted by Gasteiger charge is -2.26. The minimum absolute atomic E-state index is 0.221. The minimum atomic E-state index is -1.37. The molecular formula is C16H13NO2. The van der Waals surface area contributed by atoms with Gasteiger partial charge in [0, 0.05) is 22.4 Å². The zero-order valence-corrected chi connectivity index (χ0v) is 10.3. The summed E-state index contributed by atoms with van der Waals surface area (Å²) in [4.78, 5) is 12.2. The minimum Gasteiger partial charge on any atom is -0.377 e. The predicted octanol–water partition coefficient (Wildman–Crippen LogP) is 2.67. The summed E-state index contributed by atoms with van der Waals surface area (Å²) in [6.07, 6.45) is 1.46. The highest BCUT2D eigenvalue weighted by Crippen LogP contribution is 2.39. The zero-order chi connectivity index (χ0) is 13.5. The van der Waals surface area contributed by atoms with Gasteiger partial charge in [-0.1, -0.05) is 49.1 Å². The summed E-state index contributed by atoms with van der Waals surface area (Å²) in [5.41, 5.74) is 0.870. The third-order valence-corrected chi connectivity index (χ3v) is 3.46. The predicted molar refractivity (Wildman–Crippen MR) is 74.0 cm³/mol. The normalized spacial score (nSPS) is 20.8. The van der Waals surface area contributed by atoms with Crippen molar-refractivity contribution >= 4 is 11.6 Å². The Labute approximate surface area is 111 Å². The second kappa shape index (κ2) is 4.07. The van der Waals surface area contributed by atoms with Crippen LogP contribution in [-0.2, 0) is 5.60 Å². The number of carbonyl (C=O) groups excluding carboxylic acids is 1. The highest BCUT2D eigenvalue weighted by molar-refractivity contribution is 6.07. The van der Waals surface area contributed by atoms with Crippen LogP contribution in [0.15, 0.2) is 61.2 Å². The van der Waals surface area contributed by atoms with Gasteiger partial charge in [-0.15, -0.1) is 0 Å². The number of benzene rings is 2. The van der Waals surface area contributed by atoms with Crippen molar-refractivity contribution in [3.8, 4) is 0 Å². The lowest BCUT2D eigenvalue weighted by Crippen LogP contribution is -2.25. The van der Waals surface area contributed by atoms with Crippen molar-refractivity contribution in [3.63, 3.8) is 0 Å². The topological polar surface area (TPSA) is 49.3 Å². The number of aliphatic hydroxyl groups is 1. The zero-order valence-electron chi connectivity index (χ0n) is 10.3. The van der Waals surface area contributed by atoms with Crippen LogP contribution in [0.3, 0.4) is 0 Å². The number of nitrogens with one attached hydrogen (secondary N) is 1. The van der Waals surface area contributed by atoms with Crippen LogP contribution in [0.5, 0.6) is 0 Å². The number of carbonyl (C=O) groups is 1. The van der Waals surface area contributed by atoms with Crippen molar-refractivity contribution < 1.29 is 9.90 Å². The summed E-state index contributed by atoms with van der Waals surface area (Å²) in [7, 11) is 0. The van der Waals surface area contributed by atoms with Gasteiger partial charge in [0.25, 0.3) is 5.91 Å². The van der Waals surface area contributed by atoms with Crippen molar-refractivity contribution in [2.24, 2.45) is 0 Å². The van der Waals surface area contributed by atoms with Crippen molar-refractivity contribution in [1.82, 2.24) is 0 Å². The summed E-state index contributed by atoms with van der Waals surface area (Å²) in [6, 6.07) is 14.2. The Balaban J connectivity index is 2.39. The average Bonchev–Trinajstić information content (AvgIpc) is 2.55. The molecule has 3 rings (SSSR count). The number of amides is 1. The average molecular weight is 251 g/mol. The van der Waals surface area contributed by atoms with E-state index in [0.717, 1.165) is 0 Å². The van der Waals surface area contributed by atoms with Crippen LogP contribution >= 0.6 is 0 Å². The number of hydrogen-bond acceptors (Lipinski definition) is 2. The Bertz CT molecular complexity index is 678. The van der Waals surface area contributed by atoms with Gasteiger partial charge in [0.1, 0.15) is 5.60 Å². The maximum atomic E-state index is 12.2. The molecule has 1 amide bonds. The molecule has 0 saturated heterocycles. The molecule has 0 bridgehead atoms. The molecule has 1 aliphatic rings. The SMILES string of the molecule is C=CC1(O)c2ccccc2NC(=O)c2ccccc21. The van der Waals surface area contributed by atoms with E-state index in [1.54, 1.807) is 36.4 Å². The fraction of sp³-hybridized carbons (Fsp3) is 0.0625. The largest absolute Gasteiger partial charge is 0.377 e. The molecule has 0 spiro atoms. The van der Waals surface area contributed by atoms with E-state index < -0.39 is 5.60 Å². The van der Waals surface area contributed by atoms with Crippen molar-refractivity contribution in [2.45, 2.75) is 5.60 Å².